The quantitative estimate of drug-likeness (QED) is 0.672. The molecule has 0 spiro atoms. The van der Waals surface area contributed by atoms with Gasteiger partial charge in [-0.1, -0.05) is 13.0 Å². The lowest BCUT2D eigenvalue weighted by Crippen LogP contribution is -2.21. The lowest BCUT2D eigenvalue weighted by atomic mass is 9.84. The lowest BCUT2D eigenvalue weighted by Gasteiger charge is -2.20. The second-order valence-electron chi connectivity index (χ2n) is 6.77. The van der Waals surface area contributed by atoms with Gasteiger partial charge in [-0.15, -0.1) is 0 Å². The summed E-state index contributed by atoms with van der Waals surface area (Å²) in [5.74, 6) is 2.25. The van der Waals surface area contributed by atoms with E-state index < -0.39 is 0 Å². The van der Waals surface area contributed by atoms with Crippen LogP contribution in [-0.2, 0) is 4.74 Å². The van der Waals surface area contributed by atoms with E-state index >= 15 is 0 Å². The Morgan fingerprint density at radius 3 is 2.04 bits per heavy atom. The largest absolute Gasteiger partial charge is 0.493 e. The summed E-state index contributed by atoms with van der Waals surface area (Å²) in [7, 11) is 6.33. The number of benzene rings is 2. The zero-order valence-corrected chi connectivity index (χ0v) is 16.9. The van der Waals surface area contributed by atoms with E-state index in [0.29, 0.717) is 35.2 Å². The maximum Gasteiger partial charge on any atom is 0.168 e. The molecule has 0 radical (unpaired) electrons. The molecular formula is C22H26O6. The van der Waals surface area contributed by atoms with E-state index in [0.717, 1.165) is 5.56 Å². The summed E-state index contributed by atoms with van der Waals surface area (Å²) >= 11 is 0. The van der Waals surface area contributed by atoms with Crippen LogP contribution in [0.4, 0.5) is 0 Å². The number of ether oxygens (including phenoxy) is 5. The molecule has 0 bridgehead atoms. The lowest BCUT2D eigenvalue weighted by molar-refractivity contribution is 0.0855. The third kappa shape index (κ3) is 3.64. The van der Waals surface area contributed by atoms with Crippen LogP contribution < -0.4 is 18.9 Å². The minimum absolute atomic E-state index is 0.0127. The zero-order valence-electron chi connectivity index (χ0n) is 16.9. The fraction of sp³-hybridized carbons (Fsp3) is 0.409. The third-order valence-electron chi connectivity index (χ3n) is 5.31. The van der Waals surface area contributed by atoms with Gasteiger partial charge < -0.3 is 23.7 Å². The fourth-order valence-corrected chi connectivity index (χ4v) is 3.67. The van der Waals surface area contributed by atoms with Crippen LogP contribution in [0.15, 0.2) is 36.4 Å². The van der Waals surface area contributed by atoms with Gasteiger partial charge in [-0.25, -0.2) is 0 Å². The van der Waals surface area contributed by atoms with Gasteiger partial charge in [-0.05, 0) is 41.8 Å². The summed E-state index contributed by atoms with van der Waals surface area (Å²) < 4.78 is 27.3. The predicted molar refractivity (Wildman–Crippen MR) is 105 cm³/mol. The highest BCUT2D eigenvalue weighted by Gasteiger charge is 2.39. The van der Waals surface area contributed by atoms with Gasteiger partial charge in [0.25, 0.3) is 0 Å². The number of methoxy groups -OCH3 is 4. The minimum atomic E-state index is -0.240. The zero-order chi connectivity index (χ0) is 20.3. The molecule has 0 unspecified atom stereocenters. The molecule has 6 nitrogen and oxygen atoms in total. The van der Waals surface area contributed by atoms with Crippen molar-refractivity contribution in [1.82, 2.24) is 0 Å². The number of carbonyl (C=O) groups is 1. The number of Topliss-reactive ketones (excluding diaryl/α,β-unsaturated/α-hetero) is 1. The Bertz CT molecular complexity index is 847. The Hall–Kier alpha value is -2.73. The van der Waals surface area contributed by atoms with E-state index in [1.165, 1.54) is 0 Å². The molecule has 1 aliphatic rings. The van der Waals surface area contributed by atoms with E-state index in [4.69, 9.17) is 23.7 Å². The predicted octanol–water partition coefficient (Wildman–Crippen LogP) is 3.93. The first-order valence-corrected chi connectivity index (χ1v) is 9.13. The van der Waals surface area contributed by atoms with Crippen LogP contribution >= 0.6 is 0 Å². The molecule has 0 aromatic heterocycles. The van der Waals surface area contributed by atoms with Crippen molar-refractivity contribution in [2.75, 3.05) is 35.0 Å². The van der Waals surface area contributed by atoms with Crippen LogP contribution in [0.3, 0.4) is 0 Å². The highest BCUT2D eigenvalue weighted by molar-refractivity contribution is 5.99. The van der Waals surface area contributed by atoms with Crippen molar-refractivity contribution in [2.24, 2.45) is 11.8 Å². The van der Waals surface area contributed by atoms with Crippen LogP contribution in [-0.4, -0.2) is 40.8 Å². The van der Waals surface area contributed by atoms with Crippen molar-refractivity contribution in [3.05, 3.63) is 47.5 Å². The van der Waals surface area contributed by atoms with Crippen LogP contribution in [0.1, 0.15) is 28.9 Å². The molecule has 3 rings (SSSR count). The van der Waals surface area contributed by atoms with Gasteiger partial charge >= 0.3 is 0 Å². The standard InChI is InChI=1S/C22H26O6/c1-13-16(21(23)14-6-8-17(24-2)19(10-14)26-4)12-28-22(13)15-7-9-18(25-3)20(11-15)27-5/h6-11,13,16,22H,12H2,1-5H3/t13-,16+,22-/m1/s1. The highest BCUT2D eigenvalue weighted by atomic mass is 16.5. The molecule has 0 amide bonds. The molecule has 1 fully saturated rings. The molecule has 2 aromatic rings. The normalized spacial score (nSPS) is 21.2. The Kier molecular flexibility index (Phi) is 6.09. The molecule has 1 heterocycles. The van der Waals surface area contributed by atoms with Gasteiger partial charge in [0.15, 0.2) is 28.8 Å². The summed E-state index contributed by atoms with van der Waals surface area (Å²) in [5, 5.41) is 0. The maximum atomic E-state index is 13.1. The smallest absolute Gasteiger partial charge is 0.168 e. The van der Waals surface area contributed by atoms with Crippen molar-refractivity contribution < 1.29 is 28.5 Å². The summed E-state index contributed by atoms with van der Waals surface area (Å²) in [5.41, 5.74) is 1.55. The van der Waals surface area contributed by atoms with Gasteiger partial charge in [0.2, 0.25) is 0 Å². The number of hydrogen-bond donors (Lipinski definition) is 0. The van der Waals surface area contributed by atoms with E-state index in [1.54, 1.807) is 46.6 Å². The van der Waals surface area contributed by atoms with Crippen LogP contribution in [0.5, 0.6) is 23.0 Å². The fourth-order valence-electron chi connectivity index (χ4n) is 3.67. The maximum absolute atomic E-state index is 13.1. The molecule has 1 aliphatic heterocycles. The van der Waals surface area contributed by atoms with Crippen molar-refractivity contribution >= 4 is 5.78 Å². The van der Waals surface area contributed by atoms with Crippen LogP contribution in [0.25, 0.3) is 0 Å². The number of hydrogen-bond acceptors (Lipinski definition) is 6. The first-order chi connectivity index (χ1) is 13.5. The first kappa shape index (κ1) is 20.0. The van der Waals surface area contributed by atoms with E-state index in [9.17, 15) is 4.79 Å². The molecule has 2 aromatic carbocycles. The number of ketones is 1. The summed E-state index contributed by atoms with van der Waals surface area (Å²) in [6.07, 6.45) is -0.186. The monoisotopic (exact) mass is 386 g/mol. The average molecular weight is 386 g/mol. The average Bonchev–Trinajstić information content (AvgIpc) is 3.13. The Morgan fingerprint density at radius 1 is 0.857 bits per heavy atom. The van der Waals surface area contributed by atoms with Crippen LogP contribution in [0.2, 0.25) is 0 Å². The summed E-state index contributed by atoms with van der Waals surface area (Å²) in [6, 6.07) is 10.9. The van der Waals surface area contributed by atoms with Gasteiger partial charge in [-0.3, -0.25) is 4.79 Å². The molecule has 1 saturated heterocycles. The van der Waals surface area contributed by atoms with E-state index in [-0.39, 0.29) is 23.7 Å². The first-order valence-electron chi connectivity index (χ1n) is 9.13. The molecule has 6 heteroatoms. The summed E-state index contributed by atoms with van der Waals surface area (Å²) in [6.45, 7) is 2.41. The number of rotatable bonds is 7. The van der Waals surface area contributed by atoms with Gasteiger partial charge in [-0.2, -0.15) is 0 Å². The Morgan fingerprint density at radius 2 is 1.43 bits per heavy atom. The molecular weight excluding hydrogens is 360 g/mol. The highest BCUT2D eigenvalue weighted by Crippen LogP contribution is 2.42. The second kappa shape index (κ2) is 8.52. The van der Waals surface area contributed by atoms with Crippen molar-refractivity contribution in [3.8, 4) is 23.0 Å². The van der Waals surface area contributed by atoms with Crippen molar-refractivity contribution in [1.29, 1.82) is 0 Å². The molecule has 0 saturated carbocycles. The topological polar surface area (TPSA) is 63.2 Å². The van der Waals surface area contributed by atoms with E-state index in [1.807, 2.05) is 25.1 Å². The molecule has 3 atom stereocenters. The summed E-state index contributed by atoms with van der Waals surface area (Å²) in [4.78, 5) is 13.1. The number of carbonyl (C=O) groups excluding carboxylic acids is 1. The van der Waals surface area contributed by atoms with Gasteiger partial charge in [0.05, 0.1) is 47.1 Å². The Labute approximate surface area is 165 Å². The van der Waals surface area contributed by atoms with Crippen molar-refractivity contribution in [3.63, 3.8) is 0 Å². The minimum Gasteiger partial charge on any atom is -0.493 e. The molecule has 28 heavy (non-hydrogen) atoms. The molecule has 0 aliphatic carbocycles. The second-order valence-corrected chi connectivity index (χ2v) is 6.77. The van der Waals surface area contributed by atoms with E-state index in [2.05, 4.69) is 0 Å². The third-order valence-corrected chi connectivity index (χ3v) is 5.31. The molecule has 150 valence electrons. The Balaban J connectivity index is 1.82. The van der Waals surface area contributed by atoms with Gasteiger partial charge in [0.1, 0.15) is 0 Å². The molecule has 0 N–H and O–H groups in total. The SMILES string of the molecule is COc1ccc(C(=O)[C@H]2CO[C@@H](c3ccc(OC)c(OC)c3)[C@@H]2C)cc1OC. The van der Waals surface area contributed by atoms with Gasteiger partial charge in [0, 0.05) is 5.56 Å². The van der Waals surface area contributed by atoms with Crippen molar-refractivity contribution in [2.45, 2.75) is 13.0 Å². The van der Waals surface area contributed by atoms with Crippen LogP contribution in [0, 0.1) is 11.8 Å².